The minimum absolute atomic E-state index is 0.105. The molecule has 0 aliphatic carbocycles. The Labute approximate surface area is 110 Å². The number of pyridine rings is 1. The van der Waals surface area contributed by atoms with Crippen molar-refractivity contribution >= 4 is 17.1 Å². The fourth-order valence-electron chi connectivity index (χ4n) is 1.51. The summed E-state index contributed by atoms with van der Waals surface area (Å²) in [6.07, 6.45) is 2.67. The van der Waals surface area contributed by atoms with Crippen LogP contribution in [0.2, 0.25) is 0 Å². The van der Waals surface area contributed by atoms with E-state index in [2.05, 4.69) is 15.5 Å². The number of nitrogens with zero attached hydrogens (tertiary/aromatic N) is 3. The van der Waals surface area contributed by atoms with E-state index in [1.54, 1.807) is 0 Å². The van der Waals surface area contributed by atoms with Crippen LogP contribution in [0.5, 0.6) is 0 Å². The standard InChI is InChI=1S/C13H12N4O2/c1-10(11-5-3-2-4-6-11)15-16-12-7-8-14-9-13(12)17(18)19/h2-9H,1H3,(H,14,16)/b15-10-. The average molecular weight is 256 g/mol. The van der Waals surface area contributed by atoms with Crippen LogP contribution in [0, 0.1) is 10.1 Å². The van der Waals surface area contributed by atoms with E-state index in [1.165, 1.54) is 18.5 Å². The van der Waals surface area contributed by atoms with Crippen LogP contribution in [-0.2, 0) is 0 Å². The Balaban J connectivity index is 2.21. The van der Waals surface area contributed by atoms with E-state index in [0.717, 1.165) is 11.3 Å². The van der Waals surface area contributed by atoms with Crippen LogP contribution in [0.15, 0.2) is 53.9 Å². The van der Waals surface area contributed by atoms with Gasteiger partial charge in [-0.25, -0.2) is 0 Å². The average Bonchev–Trinajstić information content (AvgIpc) is 2.46. The van der Waals surface area contributed by atoms with Crippen LogP contribution in [0.1, 0.15) is 12.5 Å². The molecular weight excluding hydrogens is 244 g/mol. The van der Waals surface area contributed by atoms with Gasteiger partial charge in [0, 0.05) is 6.20 Å². The molecule has 0 spiro atoms. The van der Waals surface area contributed by atoms with Crippen molar-refractivity contribution < 1.29 is 4.92 Å². The summed E-state index contributed by atoms with van der Waals surface area (Å²) in [5.74, 6) is 0. The number of hydrogen-bond donors (Lipinski definition) is 1. The molecule has 1 aromatic carbocycles. The minimum atomic E-state index is -0.497. The molecule has 0 bridgehead atoms. The van der Waals surface area contributed by atoms with Gasteiger partial charge in [-0.3, -0.25) is 20.5 Å². The van der Waals surface area contributed by atoms with Crippen LogP contribution >= 0.6 is 0 Å². The predicted octanol–water partition coefficient (Wildman–Crippen LogP) is 2.83. The quantitative estimate of drug-likeness (QED) is 0.518. The molecule has 1 heterocycles. The Kier molecular flexibility index (Phi) is 3.82. The van der Waals surface area contributed by atoms with Gasteiger partial charge < -0.3 is 0 Å². The van der Waals surface area contributed by atoms with Gasteiger partial charge in [-0.2, -0.15) is 5.10 Å². The second kappa shape index (κ2) is 5.72. The highest BCUT2D eigenvalue weighted by Gasteiger charge is 2.12. The van der Waals surface area contributed by atoms with Crippen molar-refractivity contribution in [3.63, 3.8) is 0 Å². The first kappa shape index (κ1) is 12.7. The minimum Gasteiger partial charge on any atom is -0.271 e. The third kappa shape index (κ3) is 3.12. The summed E-state index contributed by atoms with van der Waals surface area (Å²) >= 11 is 0. The summed E-state index contributed by atoms with van der Waals surface area (Å²) in [4.78, 5) is 14.0. The largest absolute Gasteiger partial charge is 0.312 e. The number of nitro groups is 1. The summed E-state index contributed by atoms with van der Waals surface area (Å²) in [5.41, 5.74) is 4.60. The zero-order valence-corrected chi connectivity index (χ0v) is 10.3. The van der Waals surface area contributed by atoms with Gasteiger partial charge in [0.2, 0.25) is 0 Å². The lowest BCUT2D eigenvalue weighted by molar-refractivity contribution is -0.384. The number of rotatable bonds is 4. The maximum Gasteiger partial charge on any atom is 0.312 e. The number of anilines is 1. The smallest absolute Gasteiger partial charge is 0.271 e. The Morgan fingerprint density at radius 3 is 2.74 bits per heavy atom. The maximum atomic E-state index is 10.8. The molecule has 1 N–H and O–H groups in total. The van der Waals surface area contributed by atoms with Crippen LogP contribution < -0.4 is 5.43 Å². The lowest BCUT2D eigenvalue weighted by Crippen LogP contribution is -2.01. The highest BCUT2D eigenvalue weighted by atomic mass is 16.6. The van der Waals surface area contributed by atoms with E-state index in [9.17, 15) is 10.1 Å². The summed E-state index contributed by atoms with van der Waals surface area (Å²) in [7, 11) is 0. The molecule has 2 rings (SSSR count). The monoisotopic (exact) mass is 256 g/mol. The second-order valence-corrected chi connectivity index (χ2v) is 3.82. The molecule has 1 aromatic heterocycles. The van der Waals surface area contributed by atoms with E-state index in [-0.39, 0.29) is 5.69 Å². The van der Waals surface area contributed by atoms with Crippen molar-refractivity contribution in [2.45, 2.75) is 6.92 Å². The molecule has 6 heteroatoms. The van der Waals surface area contributed by atoms with Gasteiger partial charge in [-0.1, -0.05) is 30.3 Å². The van der Waals surface area contributed by atoms with Gasteiger partial charge in [0.1, 0.15) is 11.9 Å². The number of aromatic nitrogens is 1. The molecular formula is C13H12N4O2. The molecule has 96 valence electrons. The van der Waals surface area contributed by atoms with Gasteiger partial charge in [-0.15, -0.1) is 0 Å². The lowest BCUT2D eigenvalue weighted by atomic mass is 10.1. The summed E-state index contributed by atoms with van der Waals surface area (Å²) in [6.45, 7) is 1.83. The number of hydrazone groups is 1. The van der Waals surface area contributed by atoms with Gasteiger partial charge in [-0.05, 0) is 18.6 Å². The third-order valence-electron chi connectivity index (χ3n) is 2.53. The number of nitrogens with one attached hydrogen (secondary N) is 1. The van der Waals surface area contributed by atoms with Crippen molar-refractivity contribution in [2.75, 3.05) is 5.43 Å². The SMILES string of the molecule is C/C(=N/Nc1ccncc1[N+](=O)[O-])c1ccccc1. The van der Waals surface area contributed by atoms with Gasteiger partial charge in [0.15, 0.2) is 0 Å². The molecule has 0 aliphatic rings. The van der Waals surface area contributed by atoms with Crippen molar-refractivity contribution in [3.8, 4) is 0 Å². The molecule has 2 aromatic rings. The summed E-state index contributed by atoms with van der Waals surface area (Å²) in [6, 6.07) is 11.1. The Bertz CT molecular complexity index is 611. The first-order chi connectivity index (χ1) is 9.18. The fourth-order valence-corrected chi connectivity index (χ4v) is 1.51. The van der Waals surface area contributed by atoms with Gasteiger partial charge in [0.05, 0.1) is 10.6 Å². The van der Waals surface area contributed by atoms with Gasteiger partial charge >= 0.3 is 5.69 Å². The fraction of sp³-hybridized carbons (Fsp3) is 0.0769. The summed E-state index contributed by atoms with van der Waals surface area (Å²) in [5, 5.41) is 15.0. The van der Waals surface area contributed by atoms with E-state index in [4.69, 9.17) is 0 Å². The molecule has 0 aliphatic heterocycles. The number of hydrogen-bond acceptors (Lipinski definition) is 5. The maximum absolute atomic E-state index is 10.8. The van der Waals surface area contributed by atoms with Crippen molar-refractivity contribution in [1.29, 1.82) is 0 Å². The number of benzene rings is 1. The molecule has 0 saturated carbocycles. The highest BCUT2D eigenvalue weighted by molar-refractivity contribution is 5.99. The molecule has 0 fully saturated rings. The first-order valence-electron chi connectivity index (χ1n) is 5.62. The van der Waals surface area contributed by atoms with Gasteiger partial charge in [0.25, 0.3) is 0 Å². The Morgan fingerprint density at radius 2 is 2.05 bits per heavy atom. The Hall–Kier alpha value is -2.76. The van der Waals surface area contributed by atoms with E-state index < -0.39 is 4.92 Å². The van der Waals surface area contributed by atoms with E-state index in [0.29, 0.717) is 5.69 Å². The second-order valence-electron chi connectivity index (χ2n) is 3.82. The van der Waals surface area contributed by atoms with Crippen LogP contribution in [-0.4, -0.2) is 15.6 Å². The molecule has 19 heavy (non-hydrogen) atoms. The molecule has 0 unspecified atom stereocenters. The lowest BCUT2D eigenvalue weighted by Gasteiger charge is -2.03. The van der Waals surface area contributed by atoms with Crippen LogP contribution in [0.4, 0.5) is 11.4 Å². The first-order valence-corrected chi connectivity index (χ1v) is 5.62. The summed E-state index contributed by atoms with van der Waals surface area (Å²) < 4.78 is 0. The highest BCUT2D eigenvalue weighted by Crippen LogP contribution is 2.21. The Morgan fingerprint density at radius 1 is 1.32 bits per heavy atom. The predicted molar refractivity (Wildman–Crippen MR) is 73.2 cm³/mol. The molecule has 0 amide bonds. The zero-order valence-electron chi connectivity index (χ0n) is 10.3. The van der Waals surface area contributed by atoms with Crippen LogP contribution in [0.25, 0.3) is 0 Å². The molecule has 0 saturated heterocycles. The van der Waals surface area contributed by atoms with Crippen molar-refractivity contribution in [3.05, 3.63) is 64.5 Å². The van der Waals surface area contributed by atoms with E-state index >= 15 is 0 Å². The van der Waals surface area contributed by atoms with E-state index in [1.807, 2.05) is 37.3 Å². The molecule has 0 radical (unpaired) electrons. The molecule has 0 atom stereocenters. The normalized spacial score (nSPS) is 11.1. The molecule has 6 nitrogen and oxygen atoms in total. The zero-order chi connectivity index (χ0) is 13.7. The topological polar surface area (TPSA) is 80.4 Å². The van der Waals surface area contributed by atoms with Crippen LogP contribution in [0.3, 0.4) is 0 Å². The third-order valence-corrected chi connectivity index (χ3v) is 2.53. The van der Waals surface area contributed by atoms with Crippen molar-refractivity contribution in [1.82, 2.24) is 4.98 Å². The van der Waals surface area contributed by atoms with Crippen molar-refractivity contribution in [2.24, 2.45) is 5.10 Å².